The van der Waals surface area contributed by atoms with Crippen molar-refractivity contribution in [1.82, 2.24) is 15.0 Å². The van der Waals surface area contributed by atoms with Crippen LogP contribution in [0, 0.1) is 83.1 Å². The number of carbonyl (C=O) groups excluding carboxylic acids is 4. The number of hydrogen-bond acceptors (Lipinski definition) is 16. The van der Waals surface area contributed by atoms with E-state index in [0.717, 1.165) is 66.9 Å². The molecule has 0 fully saturated rings. The highest BCUT2D eigenvalue weighted by molar-refractivity contribution is 7.93. The summed E-state index contributed by atoms with van der Waals surface area (Å²) in [6, 6.07) is 54.3. The average Bonchev–Trinajstić information content (AvgIpc) is 0.719. The van der Waals surface area contributed by atoms with Gasteiger partial charge in [-0.1, -0.05) is 238 Å². The van der Waals surface area contributed by atoms with Gasteiger partial charge >= 0.3 is 0 Å². The molecule has 4 heterocycles. The number of aryl methyl sites for hydroxylation is 12. The van der Waals surface area contributed by atoms with E-state index >= 15 is 0 Å². The molecule has 12 rings (SSSR count). The van der Waals surface area contributed by atoms with Gasteiger partial charge in [0.15, 0.2) is 23.1 Å². The number of nitrogens with one attached hydrogen (secondary N) is 4. The van der Waals surface area contributed by atoms with Crippen LogP contribution < -0.4 is 28.5 Å². The molecule has 0 aliphatic rings. The average molecular weight is 1910 g/mol. The molecule has 0 saturated heterocycles. The zero-order valence-corrected chi connectivity index (χ0v) is 90.1. The first kappa shape index (κ1) is 128. The normalized spacial score (nSPS) is 9.74. The zero-order chi connectivity index (χ0) is 104. The third-order valence-electron chi connectivity index (χ3n) is 17.9. The van der Waals surface area contributed by atoms with Crippen molar-refractivity contribution in [3.05, 3.63) is 355 Å². The molecule has 4 aromatic heterocycles. The number of rotatable bonds is 21. The van der Waals surface area contributed by atoms with Gasteiger partial charge in [0.05, 0.1) is 42.3 Å². The molecular weight excluding hydrogens is 1760 g/mol. The van der Waals surface area contributed by atoms with Crippen LogP contribution in [0.5, 0.6) is 0 Å². The number of aromatic nitrogens is 4. The predicted molar refractivity (Wildman–Crippen MR) is 563 cm³/mol. The molecule has 0 unspecified atom stereocenters. The molecule has 0 aliphatic carbocycles. The molecule has 0 atom stereocenters. The SMILES string of the molecule is CC.CC.CC.CC.CC.CC.CC.CC.CC.CC.CC.CC.CO[n+]1ccc(C(=O)c2cc(C)c(C)cc2NS(=O)(=O)c2ccccc2)cc1.Cc1cc(NS(=O)(=O)c2ccccc2)c(C(=O)c2ccncc2)cc1C.Cc1ccc(S(=O)(=O)Nc2cc(C)c(C)cc2C(=O)c2ccnc(C)c2)cc1.Cc1ccc(S(=O)(=O)Nc2cc(C)c(C)cc2C(=O)c2ccncc2C)cc1. The van der Waals surface area contributed by atoms with Crippen LogP contribution >= 0.6 is 0 Å². The number of nitrogens with zero attached hydrogens (tertiary/aromatic N) is 4. The number of sulfonamides is 4. The first-order valence-corrected chi connectivity index (χ1v) is 52.3. The van der Waals surface area contributed by atoms with E-state index in [1.165, 1.54) is 48.5 Å². The standard InChI is InChI=1S/2C22H22N2O3S.C21H20N2O4S.C20H18N2O3S.12C2H6/c1-14-5-7-19(8-6-14)28(26,27)24-21-12-16(3)15(2)11-20(21)22(25)18-9-10-23-17(4)13-18;1-14-5-7-18(8-6-14)28(26,27)24-21-12-16(3)15(2)11-20(21)22(25)19-9-10-23-13-17(19)4;1-15-13-19(21(24)17-9-11-23(27-3)12-10-17)20(14-16(15)2)22-28(25,26)18-7-5-4-6-8-18;1-14-12-18(20(23)16-8-10-21-11-9-16)19(13-15(14)2)22-26(24,25)17-6-4-3-5-7-17;12*1-2/h2*5-13,24H,1-4H3;4-14H,1-3H3;3-13,22H,1-2H3;12*1-2H3/p+1. The van der Waals surface area contributed by atoms with Crippen LogP contribution in [0.2, 0.25) is 0 Å². The highest BCUT2D eigenvalue weighted by Crippen LogP contribution is 2.32. The van der Waals surface area contributed by atoms with Crippen LogP contribution in [0.25, 0.3) is 0 Å². The summed E-state index contributed by atoms with van der Waals surface area (Å²) in [5.74, 6) is -1.04. The Kier molecular flexibility index (Phi) is 65.8. The summed E-state index contributed by atoms with van der Waals surface area (Å²) in [7, 11) is -13.7. The highest BCUT2D eigenvalue weighted by Gasteiger charge is 2.27. The minimum absolute atomic E-state index is 0.132. The minimum atomic E-state index is -3.82. The van der Waals surface area contributed by atoms with Crippen molar-refractivity contribution in [3.8, 4) is 0 Å². The Morgan fingerprint density at radius 3 is 0.799 bits per heavy atom. The van der Waals surface area contributed by atoms with Gasteiger partial charge in [0.2, 0.25) is 12.4 Å². The second-order valence-electron chi connectivity index (χ2n) is 26.2. The van der Waals surface area contributed by atoms with Crippen molar-refractivity contribution in [1.29, 1.82) is 0 Å². The number of hydrogen-bond donors (Lipinski definition) is 4. The van der Waals surface area contributed by atoms with E-state index < -0.39 is 40.1 Å². The maximum Gasteiger partial charge on any atom is 0.261 e. The van der Waals surface area contributed by atoms with E-state index in [1.807, 2.05) is 235 Å². The lowest BCUT2D eigenvalue weighted by molar-refractivity contribution is -0.885. The maximum atomic E-state index is 13.2. The lowest BCUT2D eigenvalue weighted by Crippen LogP contribution is -2.39. The van der Waals surface area contributed by atoms with Crippen molar-refractivity contribution in [2.45, 2.75) is 269 Å². The van der Waals surface area contributed by atoms with Crippen LogP contribution in [0.4, 0.5) is 22.7 Å². The second kappa shape index (κ2) is 68.8. The smallest absolute Gasteiger partial charge is 0.261 e. The maximum absolute atomic E-state index is 13.2. The Hall–Kier alpha value is -12.2. The fraction of sp³-hybridized carbons (Fsp3) is 0.339. The quantitative estimate of drug-likeness (QED) is 0.0384. The lowest BCUT2D eigenvalue weighted by Gasteiger charge is -2.15. The van der Waals surface area contributed by atoms with Crippen molar-refractivity contribution in [3.63, 3.8) is 0 Å². The molecule has 12 aromatic rings. The number of pyridine rings is 4. The molecule has 732 valence electrons. The molecule has 0 amide bonds. The van der Waals surface area contributed by atoms with Gasteiger partial charge in [-0.05, 0) is 261 Å². The second-order valence-corrected chi connectivity index (χ2v) is 32.9. The van der Waals surface area contributed by atoms with Gasteiger partial charge in [0, 0.05) is 98.0 Å². The van der Waals surface area contributed by atoms with Crippen LogP contribution in [0.1, 0.15) is 297 Å². The van der Waals surface area contributed by atoms with Crippen LogP contribution in [-0.2, 0) is 40.1 Å². The number of ketones is 4. The summed E-state index contributed by atoms with van der Waals surface area (Å²) in [5.41, 5.74) is 14.7. The summed E-state index contributed by atoms with van der Waals surface area (Å²) >= 11 is 0. The Morgan fingerprint density at radius 1 is 0.261 bits per heavy atom. The van der Waals surface area contributed by atoms with E-state index in [4.69, 9.17) is 4.84 Å². The van der Waals surface area contributed by atoms with E-state index in [0.29, 0.717) is 38.9 Å². The van der Waals surface area contributed by atoms with E-state index in [2.05, 4.69) is 33.8 Å². The minimum Gasteiger partial charge on any atom is -0.289 e. The fourth-order valence-corrected chi connectivity index (χ4v) is 15.3. The molecule has 4 N–H and O–H groups in total. The van der Waals surface area contributed by atoms with Crippen LogP contribution in [0.15, 0.2) is 263 Å². The van der Waals surface area contributed by atoms with Gasteiger partial charge in [-0.15, -0.1) is 0 Å². The third kappa shape index (κ3) is 40.3. The molecule has 134 heavy (non-hydrogen) atoms. The Labute approximate surface area is 807 Å². The number of carbonyl (C=O) groups is 4. The lowest BCUT2D eigenvalue weighted by atomic mass is 9.96. The Morgan fingerprint density at radius 2 is 0.515 bits per heavy atom. The number of anilines is 4. The molecule has 0 spiro atoms. The summed E-state index contributed by atoms with van der Waals surface area (Å²) < 4.78 is 114. The molecule has 25 heteroatoms. The third-order valence-corrected chi connectivity index (χ3v) is 23.4. The zero-order valence-electron chi connectivity index (χ0n) is 86.8. The molecule has 0 aliphatic heterocycles. The van der Waals surface area contributed by atoms with Gasteiger partial charge in [0.25, 0.3) is 40.1 Å². The fourth-order valence-electron chi connectivity index (χ4n) is 11.0. The largest absolute Gasteiger partial charge is 0.289 e. The monoisotopic (exact) mass is 1910 g/mol. The molecule has 8 aromatic carbocycles. The van der Waals surface area contributed by atoms with Gasteiger partial charge in [0.1, 0.15) is 7.11 Å². The van der Waals surface area contributed by atoms with Gasteiger partial charge in [-0.2, -0.15) is 0 Å². The number of benzene rings is 8. The first-order valence-electron chi connectivity index (χ1n) is 46.3. The molecule has 21 nitrogen and oxygen atoms in total. The van der Waals surface area contributed by atoms with E-state index in [9.17, 15) is 52.8 Å². The van der Waals surface area contributed by atoms with Crippen molar-refractivity contribution >= 4 is 86.0 Å². The van der Waals surface area contributed by atoms with Gasteiger partial charge in [-0.3, -0.25) is 57.9 Å². The molecular formula is C109H155N8O13S4+. The van der Waals surface area contributed by atoms with Gasteiger partial charge < -0.3 is 0 Å². The summed E-state index contributed by atoms with van der Waals surface area (Å²) in [6.07, 6.45) is 11.0. The van der Waals surface area contributed by atoms with Gasteiger partial charge in [-0.25, -0.2) is 33.7 Å². The predicted octanol–water partition coefficient (Wildman–Crippen LogP) is 27.4. The summed E-state index contributed by atoms with van der Waals surface area (Å²) in [4.78, 5) is 69.9. The van der Waals surface area contributed by atoms with Crippen molar-refractivity contribution in [2.24, 2.45) is 0 Å². The topological polar surface area (TPSA) is 305 Å². The molecule has 0 bridgehead atoms. The molecule has 0 saturated carbocycles. The summed E-state index contributed by atoms with van der Waals surface area (Å²) in [5, 5.41) is 0. The Bertz CT molecular complexity index is 5930. The highest BCUT2D eigenvalue weighted by atomic mass is 32.2. The Balaban J connectivity index is -0.000000779. The van der Waals surface area contributed by atoms with E-state index in [-0.39, 0.29) is 71.0 Å². The summed E-state index contributed by atoms with van der Waals surface area (Å²) in [6.45, 7) is 70.4. The van der Waals surface area contributed by atoms with Crippen LogP contribution in [-0.4, -0.2) is 78.9 Å². The van der Waals surface area contributed by atoms with Crippen molar-refractivity contribution < 1.29 is 62.4 Å². The first-order chi connectivity index (χ1) is 64.1. The van der Waals surface area contributed by atoms with Crippen molar-refractivity contribution in [2.75, 3.05) is 26.0 Å². The van der Waals surface area contributed by atoms with E-state index in [1.54, 1.807) is 221 Å². The van der Waals surface area contributed by atoms with Crippen LogP contribution in [0.3, 0.4) is 0 Å². The molecule has 0 radical (unpaired) electrons.